The second-order valence-electron chi connectivity index (χ2n) is 7.47. The number of likely N-dealkylation sites (tertiary alicyclic amines) is 1. The third kappa shape index (κ3) is 6.06. The van der Waals surface area contributed by atoms with Gasteiger partial charge in [-0.05, 0) is 62.4 Å². The summed E-state index contributed by atoms with van der Waals surface area (Å²) in [6, 6.07) is 12.5. The van der Waals surface area contributed by atoms with E-state index in [1.165, 1.54) is 17.7 Å². The van der Waals surface area contributed by atoms with E-state index in [0.717, 1.165) is 24.2 Å². The lowest BCUT2D eigenvalue weighted by Gasteiger charge is -2.27. The van der Waals surface area contributed by atoms with Crippen molar-refractivity contribution >= 4 is 17.4 Å². The largest absolute Gasteiger partial charge is 0.374 e. The summed E-state index contributed by atoms with van der Waals surface area (Å²) in [4.78, 5) is 16.2. The van der Waals surface area contributed by atoms with E-state index in [4.69, 9.17) is 4.74 Å². The van der Waals surface area contributed by atoms with Gasteiger partial charge in [0.25, 0.3) is 0 Å². The zero-order chi connectivity index (χ0) is 19.8. The molecule has 1 aliphatic rings. The van der Waals surface area contributed by atoms with Gasteiger partial charge in [0.1, 0.15) is 0 Å². The molecule has 0 spiro atoms. The third-order valence-electron chi connectivity index (χ3n) is 5.04. The Balaban J connectivity index is 1.51. The molecule has 152 valence electrons. The number of benzene rings is 1. The SMILES string of the molecule is CC(C)OCc1ccccc1CNC(=O)NCC(c1cccs1)N1CCCC1. The van der Waals surface area contributed by atoms with Crippen LogP contribution in [0, 0.1) is 0 Å². The zero-order valence-electron chi connectivity index (χ0n) is 16.8. The summed E-state index contributed by atoms with van der Waals surface area (Å²) in [5, 5.41) is 8.17. The van der Waals surface area contributed by atoms with Crippen LogP contribution in [0.4, 0.5) is 4.79 Å². The number of amides is 2. The molecule has 0 bridgehead atoms. The molecular weight excluding hydrogens is 370 g/mol. The Morgan fingerprint density at radius 3 is 2.54 bits per heavy atom. The van der Waals surface area contributed by atoms with E-state index < -0.39 is 0 Å². The highest BCUT2D eigenvalue weighted by molar-refractivity contribution is 7.10. The molecule has 2 heterocycles. The molecule has 1 aliphatic heterocycles. The first-order valence-electron chi connectivity index (χ1n) is 10.1. The molecule has 0 aliphatic carbocycles. The Bertz CT molecular complexity index is 727. The Morgan fingerprint density at radius 2 is 1.86 bits per heavy atom. The fourth-order valence-corrected chi connectivity index (χ4v) is 4.36. The van der Waals surface area contributed by atoms with Gasteiger partial charge >= 0.3 is 6.03 Å². The number of ether oxygens (including phenoxy) is 1. The number of carbonyl (C=O) groups is 1. The summed E-state index contributed by atoms with van der Waals surface area (Å²) >= 11 is 1.76. The quantitative estimate of drug-likeness (QED) is 0.658. The molecule has 1 saturated heterocycles. The van der Waals surface area contributed by atoms with Gasteiger partial charge in [-0.2, -0.15) is 0 Å². The third-order valence-corrected chi connectivity index (χ3v) is 6.01. The van der Waals surface area contributed by atoms with Crippen molar-refractivity contribution in [2.45, 2.75) is 52.0 Å². The van der Waals surface area contributed by atoms with E-state index in [9.17, 15) is 4.79 Å². The molecule has 2 amide bonds. The number of rotatable bonds is 9. The molecule has 28 heavy (non-hydrogen) atoms. The fraction of sp³-hybridized carbons (Fsp3) is 0.500. The van der Waals surface area contributed by atoms with Crippen LogP contribution in [-0.4, -0.2) is 36.7 Å². The summed E-state index contributed by atoms with van der Waals surface area (Å²) in [5.74, 6) is 0. The smallest absolute Gasteiger partial charge is 0.315 e. The van der Waals surface area contributed by atoms with Gasteiger partial charge in [-0.3, -0.25) is 4.90 Å². The van der Waals surface area contributed by atoms with E-state index in [1.807, 2.05) is 32.0 Å². The maximum absolute atomic E-state index is 12.4. The molecule has 0 radical (unpaired) electrons. The van der Waals surface area contributed by atoms with Gasteiger partial charge in [-0.25, -0.2) is 4.79 Å². The van der Waals surface area contributed by atoms with Gasteiger partial charge in [-0.15, -0.1) is 11.3 Å². The molecule has 5 nitrogen and oxygen atoms in total. The molecule has 1 fully saturated rings. The zero-order valence-corrected chi connectivity index (χ0v) is 17.6. The summed E-state index contributed by atoms with van der Waals surface area (Å²) in [6.45, 7) is 7.95. The van der Waals surface area contributed by atoms with Gasteiger partial charge < -0.3 is 15.4 Å². The lowest BCUT2D eigenvalue weighted by atomic mass is 10.1. The molecule has 1 aromatic heterocycles. The molecule has 6 heteroatoms. The normalized spacial score (nSPS) is 15.7. The average Bonchev–Trinajstić information content (AvgIpc) is 3.40. The van der Waals surface area contributed by atoms with Crippen molar-refractivity contribution in [2.75, 3.05) is 19.6 Å². The van der Waals surface area contributed by atoms with Crippen LogP contribution in [0.15, 0.2) is 41.8 Å². The first-order valence-corrected chi connectivity index (χ1v) is 11.0. The van der Waals surface area contributed by atoms with E-state index in [-0.39, 0.29) is 18.2 Å². The Morgan fingerprint density at radius 1 is 1.11 bits per heavy atom. The van der Waals surface area contributed by atoms with Gasteiger partial charge in [0.05, 0.1) is 18.8 Å². The number of hydrogen-bond acceptors (Lipinski definition) is 4. The maximum Gasteiger partial charge on any atom is 0.315 e. The molecule has 2 N–H and O–H groups in total. The highest BCUT2D eigenvalue weighted by atomic mass is 32.1. The maximum atomic E-state index is 12.4. The molecular formula is C22H31N3O2S. The van der Waals surface area contributed by atoms with Crippen molar-refractivity contribution in [2.24, 2.45) is 0 Å². The molecule has 1 unspecified atom stereocenters. The minimum absolute atomic E-state index is 0.125. The van der Waals surface area contributed by atoms with Gasteiger partial charge in [-0.1, -0.05) is 30.3 Å². The fourth-order valence-electron chi connectivity index (χ4n) is 3.50. The predicted molar refractivity (Wildman–Crippen MR) is 114 cm³/mol. The second-order valence-corrected chi connectivity index (χ2v) is 8.45. The van der Waals surface area contributed by atoms with Crippen LogP contribution in [-0.2, 0) is 17.9 Å². The van der Waals surface area contributed by atoms with E-state index in [1.54, 1.807) is 11.3 Å². The number of urea groups is 1. The average molecular weight is 402 g/mol. The molecule has 0 saturated carbocycles. The summed E-state index contributed by atoms with van der Waals surface area (Å²) in [6.07, 6.45) is 2.66. The molecule has 1 atom stereocenters. The van der Waals surface area contributed by atoms with Crippen LogP contribution < -0.4 is 10.6 Å². The lowest BCUT2D eigenvalue weighted by molar-refractivity contribution is 0.0652. The molecule has 3 rings (SSSR count). The number of hydrogen-bond donors (Lipinski definition) is 2. The summed E-state index contributed by atoms with van der Waals surface area (Å²) < 4.78 is 5.72. The number of nitrogens with one attached hydrogen (secondary N) is 2. The number of nitrogens with zero attached hydrogens (tertiary/aromatic N) is 1. The van der Waals surface area contributed by atoms with Crippen molar-refractivity contribution in [3.05, 3.63) is 57.8 Å². The molecule has 2 aromatic rings. The van der Waals surface area contributed by atoms with Gasteiger partial charge in [0.2, 0.25) is 0 Å². The van der Waals surface area contributed by atoms with Gasteiger partial charge in [0.15, 0.2) is 0 Å². The monoisotopic (exact) mass is 401 g/mol. The highest BCUT2D eigenvalue weighted by Crippen LogP contribution is 2.27. The van der Waals surface area contributed by atoms with Crippen LogP contribution in [0.3, 0.4) is 0 Å². The Labute approximate surface area is 172 Å². The number of carbonyl (C=O) groups excluding carboxylic acids is 1. The summed E-state index contributed by atoms with van der Waals surface area (Å²) in [5.41, 5.74) is 2.21. The summed E-state index contributed by atoms with van der Waals surface area (Å²) in [7, 11) is 0. The van der Waals surface area contributed by atoms with Crippen LogP contribution in [0.25, 0.3) is 0 Å². The van der Waals surface area contributed by atoms with E-state index in [0.29, 0.717) is 19.7 Å². The van der Waals surface area contributed by atoms with E-state index in [2.05, 4.69) is 39.1 Å². The van der Waals surface area contributed by atoms with Crippen molar-refractivity contribution in [1.82, 2.24) is 15.5 Å². The molecule has 1 aromatic carbocycles. The predicted octanol–water partition coefficient (Wildman–Crippen LogP) is 4.31. The van der Waals surface area contributed by atoms with Crippen LogP contribution in [0.5, 0.6) is 0 Å². The van der Waals surface area contributed by atoms with E-state index >= 15 is 0 Å². The van der Waals surface area contributed by atoms with Crippen molar-refractivity contribution in [3.8, 4) is 0 Å². The van der Waals surface area contributed by atoms with Crippen LogP contribution >= 0.6 is 11.3 Å². The highest BCUT2D eigenvalue weighted by Gasteiger charge is 2.24. The van der Waals surface area contributed by atoms with Crippen molar-refractivity contribution < 1.29 is 9.53 Å². The van der Waals surface area contributed by atoms with Crippen molar-refractivity contribution in [3.63, 3.8) is 0 Å². The minimum atomic E-state index is -0.125. The minimum Gasteiger partial charge on any atom is -0.374 e. The topological polar surface area (TPSA) is 53.6 Å². The van der Waals surface area contributed by atoms with Crippen molar-refractivity contribution in [1.29, 1.82) is 0 Å². The Kier molecular flexibility index (Phi) is 7.89. The van der Waals surface area contributed by atoms with Crippen LogP contribution in [0.1, 0.15) is 48.7 Å². The Hall–Kier alpha value is -1.89. The first kappa shape index (κ1) is 20.8. The standard InChI is InChI=1S/C22H31N3O2S/c1-17(2)27-16-19-9-4-3-8-18(19)14-23-22(26)24-15-20(21-10-7-13-28-21)25-11-5-6-12-25/h3-4,7-10,13,17,20H,5-6,11-12,14-16H2,1-2H3,(H2,23,24,26). The first-order chi connectivity index (χ1) is 13.6. The second kappa shape index (κ2) is 10.6. The van der Waals surface area contributed by atoms with Gasteiger partial charge in [0, 0.05) is 18.0 Å². The lowest BCUT2D eigenvalue weighted by Crippen LogP contribution is -2.41. The van der Waals surface area contributed by atoms with Crippen LogP contribution in [0.2, 0.25) is 0 Å². The number of thiophene rings is 1.